The molecule has 0 aromatic rings. The number of hydrogen-bond acceptors (Lipinski definition) is 5. The summed E-state index contributed by atoms with van der Waals surface area (Å²) in [7, 11) is 0. The van der Waals surface area contributed by atoms with Crippen molar-refractivity contribution in [2.75, 3.05) is 0 Å². The molecule has 5 heteroatoms. The molecule has 0 spiro atoms. The molecule has 6 N–H and O–H groups in total. The van der Waals surface area contributed by atoms with E-state index in [1.165, 1.54) is 0 Å². The zero-order valence-corrected chi connectivity index (χ0v) is 4.13. The van der Waals surface area contributed by atoms with Crippen LogP contribution < -0.4 is 17.4 Å². The maximum atomic E-state index is 10.1. The van der Waals surface area contributed by atoms with Crippen LogP contribution in [0.1, 0.15) is 0 Å². The summed E-state index contributed by atoms with van der Waals surface area (Å²) in [6.45, 7) is 0. The summed E-state index contributed by atoms with van der Waals surface area (Å²) in [6.07, 6.45) is 0.912. The number of nitrogens with two attached hydrogens (primary N) is 3. The van der Waals surface area contributed by atoms with Gasteiger partial charge >= 0.3 is 5.97 Å². The van der Waals surface area contributed by atoms with Crippen molar-refractivity contribution in [1.82, 2.24) is 0 Å². The highest BCUT2D eigenvalue weighted by Gasteiger charge is 2.01. The van der Waals surface area contributed by atoms with Gasteiger partial charge in [0.15, 0.2) is 0 Å². The first-order chi connectivity index (χ1) is 3.72. The van der Waals surface area contributed by atoms with Crippen LogP contribution in [0.3, 0.4) is 0 Å². The first-order valence-electron chi connectivity index (χ1n) is 1.80. The molecular formula is C3H7N3O2. The van der Waals surface area contributed by atoms with Gasteiger partial charge in [0.2, 0.25) is 0 Å². The van der Waals surface area contributed by atoms with E-state index >= 15 is 0 Å². The predicted molar refractivity (Wildman–Crippen MR) is 26.7 cm³/mol. The Kier molecular flexibility index (Phi) is 2.42. The summed E-state index contributed by atoms with van der Waals surface area (Å²) in [5.74, 6) is 3.60. The molecule has 0 radical (unpaired) electrons. The van der Waals surface area contributed by atoms with Crippen LogP contribution in [-0.2, 0) is 9.63 Å². The van der Waals surface area contributed by atoms with E-state index in [1.54, 1.807) is 0 Å². The quantitative estimate of drug-likeness (QED) is 0.276. The van der Waals surface area contributed by atoms with E-state index in [0.29, 0.717) is 0 Å². The third-order valence-electron chi connectivity index (χ3n) is 0.522. The van der Waals surface area contributed by atoms with Crippen LogP contribution >= 0.6 is 0 Å². The van der Waals surface area contributed by atoms with E-state index in [2.05, 4.69) is 10.7 Å². The van der Waals surface area contributed by atoms with Crippen molar-refractivity contribution < 1.29 is 9.63 Å². The second-order valence-corrected chi connectivity index (χ2v) is 1.03. The Hall–Kier alpha value is -1.23. The molecule has 0 saturated heterocycles. The number of carbonyl (C=O) groups excluding carboxylic acids is 1. The highest BCUT2D eigenvalue weighted by molar-refractivity contribution is 5.86. The average molecular weight is 117 g/mol. The molecule has 0 bridgehead atoms. The topological polar surface area (TPSA) is 104 Å². The SMILES string of the molecule is N/C=C(\N)C(=O)ON. The van der Waals surface area contributed by atoms with Crippen molar-refractivity contribution in [2.45, 2.75) is 0 Å². The molecule has 5 nitrogen and oxygen atoms in total. The van der Waals surface area contributed by atoms with Gasteiger partial charge in [-0.25, -0.2) is 4.79 Å². The summed E-state index contributed by atoms with van der Waals surface area (Å²) in [5, 5.41) is 0. The minimum absolute atomic E-state index is 0.201. The molecule has 0 aromatic heterocycles. The molecule has 0 aliphatic rings. The summed E-state index contributed by atoms with van der Waals surface area (Å²) >= 11 is 0. The highest BCUT2D eigenvalue weighted by Crippen LogP contribution is 1.79. The molecule has 0 saturated carbocycles. The van der Waals surface area contributed by atoms with Crippen molar-refractivity contribution >= 4 is 5.97 Å². The zero-order chi connectivity index (χ0) is 6.57. The monoisotopic (exact) mass is 117 g/mol. The van der Waals surface area contributed by atoms with Crippen molar-refractivity contribution in [2.24, 2.45) is 17.4 Å². The van der Waals surface area contributed by atoms with Crippen LogP contribution in [0.25, 0.3) is 0 Å². The number of rotatable bonds is 1. The first kappa shape index (κ1) is 6.77. The molecule has 0 fully saturated rings. The van der Waals surface area contributed by atoms with Crippen LogP contribution in [0, 0.1) is 0 Å². The van der Waals surface area contributed by atoms with Crippen molar-refractivity contribution in [3.63, 3.8) is 0 Å². The lowest BCUT2D eigenvalue weighted by Crippen LogP contribution is -2.19. The Morgan fingerprint density at radius 3 is 2.25 bits per heavy atom. The fraction of sp³-hybridized carbons (Fsp3) is 0. The summed E-state index contributed by atoms with van der Waals surface area (Å²) < 4.78 is 0. The van der Waals surface area contributed by atoms with E-state index < -0.39 is 5.97 Å². The molecule has 8 heavy (non-hydrogen) atoms. The third-order valence-corrected chi connectivity index (χ3v) is 0.522. The van der Waals surface area contributed by atoms with Gasteiger partial charge in [-0.05, 0) is 0 Å². The largest absolute Gasteiger partial charge is 0.403 e. The van der Waals surface area contributed by atoms with Crippen LogP contribution in [0.2, 0.25) is 0 Å². The van der Waals surface area contributed by atoms with Crippen LogP contribution in [0.4, 0.5) is 0 Å². The van der Waals surface area contributed by atoms with E-state index in [0.717, 1.165) is 6.20 Å². The predicted octanol–water partition coefficient (Wildman–Crippen LogP) is -1.84. The van der Waals surface area contributed by atoms with Gasteiger partial charge in [-0.2, -0.15) is 5.90 Å². The maximum absolute atomic E-state index is 10.1. The van der Waals surface area contributed by atoms with Gasteiger partial charge in [0.05, 0.1) is 0 Å². The maximum Gasteiger partial charge on any atom is 0.374 e. The Morgan fingerprint density at radius 2 is 2.12 bits per heavy atom. The molecule has 0 aliphatic heterocycles. The second kappa shape index (κ2) is 2.86. The minimum atomic E-state index is -0.826. The number of carbonyl (C=O) groups is 1. The summed E-state index contributed by atoms with van der Waals surface area (Å²) in [6, 6.07) is 0. The summed E-state index contributed by atoms with van der Waals surface area (Å²) in [5.41, 5.74) is 9.51. The Bertz CT molecular complexity index is 120. The van der Waals surface area contributed by atoms with E-state index in [4.69, 9.17) is 11.5 Å². The van der Waals surface area contributed by atoms with Crippen molar-refractivity contribution in [3.05, 3.63) is 11.9 Å². The summed E-state index contributed by atoms with van der Waals surface area (Å²) in [4.78, 5) is 13.8. The van der Waals surface area contributed by atoms with Crippen LogP contribution in [-0.4, -0.2) is 5.97 Å². The third kappa shape index (κ3) is 1.48. The molecular weight excluding hydrogens is 110 g/mol. The molecule has 0 aromatic carbocycles. The molecule has 0 rings (SSSR count). The van der Waals surface area contributed by atoms with Gasteiger partial charge in [-0.1, -0.05) is 0 Å². The standard InChI is InChI=1S/C3H7N3O2/c4-1-2(5)3(7)8-6/h1H,4-6H2/b2-1-. The van der Waals surface area contributed by atoms with Crippen molar-refractivity contribution in [1.29, 1.82) is 0 Å². The lowest BCUT2D eigenvalue weighted by Gasteiger charge is -1.92. The van der Waals surface area contributed by atoms with Crippen molar-refractivity contribution in [3.8, 4) is 0 Å². The molecule has 0 unspecified atom stereocenters. The smallest absolute Gasteiger partial charge is 0.374 e. The molecule has 0 amide bonds. The Morgan fingerprint density at radius 1 is 1.62 bits per heavy atom. The second-order valence-electron chi connectivity index (χ2n) is 1.03. The van der Waals surface area contributed by atoms with Gasteiger partial charge < -0.3 is 16.3 Å². The molecule has 0 heterocycles. The lowest BCUT2D eigenvalue weighted by molar-refractivity contribution is -0.139. The van der Waals surface area contributed by atoms with E-state index in [9.17, 15) is 4.79 Å². The average Bonchev–Trinajstić information content (AvgIpc) is 1.84. The Balaban J connectivity index is 3.83. The zero-order valence-electron chi connectivity index (χ0n) is 4.13. The normalized spacial score (nSPS) is 10.9. The van der Waals surface area contributed by atoms with Gasteiger partial charge in [0, 0.05) is 6.20 Å². The highest BCUT2D eigenvalue weighted by atomic mass is 16.7. The first-order valence-corrected chi connectivity index (χ1v) is 1.80. The fourth-order valence-electron chi connectivity index (χ4n) is 0.136. The Labute approximate surface area is 46.0 Å². The van der Waals surface area contributed by atoms with Gasteiger partial charge in [-0.15, -0.1) is 0 Å². The van der Waals surface area contributed by atoms with Crippen LogP contribution in [0.15, 0.2) is 11.9 Å². The number of hydrogen-bond donors (Lipinski definition) is 3. The fourth-order valence-corrected chi connectivity index (χ4v) is 0.136. The lowest BCUT2D eigenvalue weighted by atomic mass is 10.5. The van der Waals surface area contributed by atoms with Gasteiger partial charge in [0.25, 0.3) is 0 Å². The van der Waals surface area contributed by atoms with Gasteiger partial charge in [-0.3, -0.25) is 0 Å². The van der Waals surface area contributed by atoms with Gasteiger partial charge in [0.1, 0.15) is 5.70 Å². The minimum Gasteiger partial charge on any atom is -0.403 e. The van der Waals surface area contributed by atoms with E-state index in [1.807, 2.05) is 0 Å². The van der Waals surface area contributed by atoms with Crippen LogP contribution in [0.5, 0.6) is 0 Å². The molecule has 46 valence electrons. The van der Waals surface area contributed by atoms with E-state index in [-0.39, 0.29) is 5.70 Å². The molecule has 0 aliphatic carbocycles. The molecule has 0 atom stereocenters.